The molecule has 0 radical (unpaired) electrons. The molecule has 0 fully saturated rings. The van der Waals surface area contributed by atoms with E-state index in [4.69, 9.17) is 4.74 Å². The van der Waals surface area contributed by atoms with Crippen LogP contribution < -0.4 is 5.73 Å². The molecule has 0 aliphatic carbocycles. The first kappa shape index (κ1) is 12.9. The maximum atomic E-state index is 5.58. The van der Waals surface area contributed by atoms with Crippen molar-refractivity contribution in [1.82, 2.24) is 0 Å². The molecule has 80 valence electrons. The molecule has 0 unspecified atom stereocenters. The zero-order valence-corrected chi connectivity index (χ0v) is 9.35. The normalized spacial score (nSPS) is 13.2. The lowest BCUT2D eigenvalue weighted by atomic mass is 10.0. The van der Waals surface area contributed by atoms with Gasteiger partial charge in [-0.2, -0.15) is 0 Å². The second-order valence-electron chi connectivity index (χ2n) is 3.70. The maximum Gasteiger partial charge on any atom is 0.0762 e. The number of rotatable bonds is 9. The van der Waals surface area contributed by atoms with Crippen LogP contribution in [0.1, 0.15) is 46.0 Å². The molecule has 0 rings (SSSR count). The van der Waals surface area contributed by atoms with Crippen LogP contribution in [0.4, 0.5) is 0 Å². The Balaban J connectivity index is 3.25. The highest BCUT2D eigenvalue weighted by Gasteiger charge is 2.05. The monoisotopic (exact) mass is 188 g/mol. The zero-order chi connectivity index (χ0) is 9.94. The summed E-state index contributed by atoms with van der Waals surface area (Å²) in [5.74, 6) is 0.782. The first-order valence-electron chi connectivity index (χ1n) is 5.72. The van der Waals surface area contributed by atoms with Crippen molar-refractivity contribution in [3.05, 3.63) is 0 Å². The highest BCUT2D eigenvalue weighted by molar-refractivity contribution is 4.55. The van der Waals surface area contributed by atoms with E-state index in [1.54, 1.807) is 0 Å². The molecule has 2 nitrogen and oxygen atoms in total. The third-order valence-electron chi connectivity index (χ3n) is 2.44. The summed E-state index contributed by atoms with van der Waals surface area (Å²) in [5.41, 5.74) is 3.79. The van der Waals surface area contributed by atoms with E-state index in [9.17, 15) is 0 Å². The molecule has 0 aromatic rings. The van der Waals surface area contributed by atoms with Crippen molar-refractivity contribution in [3.8, 4) is 0 Å². The summed E-state index contributed by atoms with van der Waals surface area (Å²) in [4.78, 5) is 0. The highest BCUT2D eigenvalue weighted by atomic mass is 16.5. The van der Waals surface area contributed by atoms with Crippen molar-refractivity contribution >= 4 is 0 Å². The summed E-state index contributed by atoms with van der Waals surface area (Å²) in [6.07, 6.45) is 6.33. The van der Waals surface area contributed by atoms with Gasteiger partial charge >= 0.3 is 0 Å². The minimum atomic E-state index is 0.782. The number of unbranched alkanes of at least 4 members (excludes halogenated alkanes) is 1. The van der Waals surface area contributed by atoms with Crippen molar-refractivity contribution in [3.63, 3.8) is 0 Å². The van der Waals surface area contributed by atoms with Crippen LogP contribution in [0.5, 0.6) is 0 Å². The summed E-state index contributed by atoms with van der Waals surface area (Å²) in [7, 11) is 0. The second kappa shape index (κ2) is 10.0. The first-order valence-corrected chi connectivity index (χ1v) is 5.72. The van der Waals surface area contributed by atoms with Gasteiger partial charge in [0, 0.05) is 13.0 Å². The molecule has 3 N–H and O–H groups in total. The summed E-state index contributed by atoms with van der Waals surface area (Å²) >= 11 is 0. The van der Waals surface area contributed by atoms with E-state index in [0.29, 0.717) is 0 Å². The van der Waals surface area contributed by atoms with E-state index in [1.807, 2.05) is 0 Å². The molecule has 0 aliphatic heterocycles. The Hall–Kier alpha value is -0.0800. The van der Waals surface area contributed by atoms with Gasteiger partial charge in [-0.25, -0.2) is 0 Å². The van der Waals surface area contributed by atoms with Crippen molar-refractivity contribution in [2.24, 2.45) is 5.92 Å². The lowest BCUT2D eigenvalue weighted by Crippen LogP contribution is -2.50. The van der Waals surface area contributed by atoms with Crippen molar-refractivity contribution < 1.29 is 10.5 Å². The maximum absolute atomic E-state index is 5.58. The second-order valence-corrected chi connectivity index (χ2v) is 3.70. The van der Waals surface area contributed by atoms with Crippen molar-refractivity contribution in [1.29, 1.82) is 0 Å². The van der Waals surface area contributed by atoms with Gasteiger partial charge in [0.15, 0.2) is 0 Å². The quantitative estimate of drug-likeness (QED) is 0.551. The Labute approximate surface area is 82.8 Å². The molecule has 0 aromatic carbocycles. The number of hydrogen-bond donors (Lipinski definition) is 1. The predicted octanol–water partition coefficient (Wildman–Crippen LogP) is 1.85. The van der Waals surface area contributed by atoms with E-state index in [0.717, 1.165) is 32.1 Å². The fourth-order valence-electron chi connectivity index (χ4n) is 1.35. The van der Waals surface area contributed by atoms with Crippen LogP contribution in [0.15, 0.2) is 0 Å². The van der Waals surface area contributed by atoms with Crippen LogP contribution in [-0.4, -0.2) is 19.8 Å². The Morgan fingerprint density at radius 2 is 2.00 bits per heavy atom. The van der Waals surface area contributed by atoms with E-state index >= 15 is 0 Å². The van der Waals surface area contributed by atoms with Gasteiger partial charge in [0.1, 0.15) is 0 Å². The lowest BCUT2D eigenvalue weighted by Gasteiger charge is -2.13. The minimum Gasteiger partial charge on any atom is -0.381 e. The molecule has 0 aliphatic rings. The van der Waals surface area contributed by atoms with Gasteiger partial charge in [-0.05, 0) is 12.3 Å². The average Bonchev–Trinajstić information content (AvgIpc) is 2.17. The summed E-state index contributed by atoms with van der Waals surface area (Å²) < 4.78 is 5.58. The zero-order valence-electron chi connectivity index (χ0n) is 9.35. The Morgan fingerprint density at radius 1 is 1.23 bits per heavy atom. The van der Waals surface area contributed by atoms with Gasteiger partial charge in [0.05, 0.1) is 13.2 Å². The molecule has 13 heavy (non-hydrogen) atoms. The number of hydrogen-bond acceptors (Lipinski definition) is 1. The third kappa shape index (κ3) is 8.26. The fraction of sp³-hybridized carbons (Fsp3) is 1.00. The highest BCUT2D eigenvalue weighted by Crippen LogP contribution is 2.12. The topological polar surface area (TPSA) is 36.9 Å². The van der Waals surface area contributed by atoms with Crippen LogP contribution in [0.3, 0.4) is 0 Å². The standard InChI is InChI=1S/C11H25NO/c1-3-5-7-11(4-2)10-13-9-6-8-12/h11H,3-10,12H2,1-2H3/p+1/t11-/m1/s1. The molecule has 0 spiro atoms. The van der Waals surface area contributed by atoms with Crippen LogP contribution in [0.2, 0.25) is 0 Å². The minimum absolute atomic E-state index is 0.782. The van der Waals surface area contributed by atoms with E-state index in [2.05, 4.69) is 19.6 Å². The Morgan fingerprint density at radius 3 is 2.54 bits per heavy atom. The van der Waals surface area contributed by atoms with E-state index in [-0.39, 0.29) is 0 Å². The van der Waals surface area contributed by atoms with Gasteiger partial charge in [-0.15, -0.1) is 0 Å². The first-order chi connectivity index (χ1) is 6.35. The molecule has 0 aromatic heterocycles. The van der Waals surface area contributed by atoms with Crippen molar-refractivity contribution in [2.45, 2.75) is 46.0 Å². The Bertz CT molecular complexity index is 96.1. The molecular weight excluding hydrogens is 162 g/mol. The van der Waals surface area contributed by atoms with Gasteiger partial charge in [-0.3, -0.25) is 0 Å². The summed E-state index contributed by atoms with van der Waals surface area (Å²) in [6, 6.07) is 0. The van der Waals surface area contributed by atoms with Gasteiger partial charge in [0.2, 0.25) is 0 Å². The van der Waals surface area contributed by atoms with E-state index < -0.39 is 0 Å². The third-order valence-corrected chi connectivity index (χ3v) is 2.44. The summed E-state index contributed by atoms with van der Waals surface area (Å²) in [5, 5.41) is 0. The molecule has 2 heteroatoms. The van der Waals surface area contributed by atoms with Gasteiger partial charge < -0.3 is 10.5 Å². The molecule has 0 bridgehead atoms. The fourth-order valence-corrected chi connectivity index (χ4v) is 1.35. The van der Waals surface area contributed by atoms with Crippen LogP contribution in [0.25, 0.3) is 0 Å². The number of ether oxygens (including phenoxy) is 1. The molecule has 0 saturated heterocycles. The SMILES string of the molecule is CCCC[C@@H](CC)COCCC[NH3+]. The number of quaternary nitrogens is 1. The van der Waals surface area contributed by atoms with E-state index in [1.165, 1.54) is 25.7 Å². The molecule has 0 heterocycles. The molecule has 1 atom stereocenters. The molecule has 0 amide bonds. The van der Waals surface area contributed by atoms with Crippen LogP contribution in [-0.2, 0) is 4.74 Å². The predicted molar refractivity (Wildman–Crippen MR) is 56.5 cm³/mol. The molecular formula is C11H26NO+. The lowest BCUT2D eigenvalue weighted by molar-refractivity contribution is -0.369. The largest absolute Gasteiger partial charge is 0.381 e. The van der Waals surface area contributed by atoms with Crippen LogP contribution in [0, 0.1) is 5.92 Å². The average molecular weight is 188 g/mol. The van der Waals surface area contributed by atoms with Crippen molar-refractivity contribution in [2.75, 3.05) is 19.8 Å². The van der Waals surface area contributed by atoms with Gasteiger partial charge in [-0.1, -0.05) is 33.1 Å². The van der Waals surface area contributed by atoms with Gasteiger partial charge in [0.25, 0.3) is 0 Å². The smallest absolute Gasteiger partial charge is 0.0762 e. The molecule has 0 saturated carbocycles. The Kier molecular flexibility index (Phi) is 9.94. The van der Waals surface area contributed by atoms with Crippen LogP contribution >= 0.6 is 0 Å². The summed E-state index contributed by atoms with van der Waals surface area (Å²) in [6.45, 7) is 7.34.